The number of fused-ring (bicyclic) bond motifs is 4. The van der Waals surface area contributed by atoms with E-state index in [0.29, 0.717) is 6.04 Å². The van der Waals surface area contributed by atoms with E-state index in [1.807, 2.05) is 0 Å². The van der Waals surface area contributed by atoms with Crippen LogP contribution in [0, 0.1) is 0 Å². The number of benzene rings is 2. The van der Waals surface area contributed by atoms with Crippen molar-refractivity contribution in [3.8, 4) is 11.5 Å². The van der Waals surface area contributed by atoms with Crippen molar-refractivity contribution in [3.63, 3.8) is 0 Å². The lowest BCUT2D eigenvalue weighted by Crippen LogP contribution is -2.36. The van der Waals surface area contributed by atoms with Gasteiger partial charge in [0, 0.05) is 19.1 Å². The van der Waals surface area contributed by atoms with Crippen molar-refractivity contribution < 1.29 is 9.47 Å². The molecule has 23 heavy (non-hydrogen) atoms. The second-order valence-corrected chi connectivity index (χ2v) is 6.43. The lowest BCUT2D eigenvalue weighted by atomic mass is 9.89. The molecule has 0 spiro atoms. The van der Waals surface area contributed by atoms with Crippen LogP contribution in [-0.4, -0.2) is 32.2 Å². The maximum Gasteiger partial charge on any atom is 0.161 e. The van der Waals surface area contributed by atoms with Crippen molar-refractivity contribution in [3.05, 3.63) is 58.7 Å². The molecule has 4 rings (SSSR count). The Labute approximate surface area is 137 Å². The third-order valence-electron chi connectivity index (χ3n) is 5.31. The second kappa shape index (κ2) is 5.89. The van der Waals surface area contributed by atoms with Gasteiger partial charge in [0.1, 0.15) is 0 Å². The van der Waals surface area contributed by atoms with E-state index in [2.05, 4.69) is 41.3 Å². The molecular weight excluding hydrogens is 286 g/mol. The summed E-state index contributed by atoms with van der Waals surface area (Å²) in [5.41, 5.74) is 5.81. The summed E-state index contributed by atoms with van der Waals surface area (Å²) < 4.78 is 11.0. The van der Waals surface area contributed by atoms with E-state index >= 15 is 0 Å². The predicted octanol–water partition coefficient (Wildman–Crippen LogP) is 3.40. The molecule has 2 aliphatic rings. The fourth-order valence-electron chi connectivity index (χ4n) is 4.07. The van der Waals surface area contributed by atoms with Crippen LogP contribution in [0.2, 0.25) is 0 Å². The van der Waals surface area contributed by atoms with Gasteiger partial charge in [-0.05, 0) is 53.6 Å². The molecule has 3 nitrogen and oxygen atoms in total. The largest absolute Gasteiger partial charge is 0.493 e. The van der Waals surface area contributed by atoms with E-state index in [4.69, 9.17) is 9.47 Å². The van der Waals surface area contributed by atoms with Crippen molar-refractivity contribution >= 4 is 0 Å². The quantitative estimate of drug-likeness (QED) is 0.848. The SMILES string of the molecule is COc1cc2c(cc1OC)CC1c3ccccc3CCN1CC2. The van der Waals surface area contributed by atoms with Crippen LogP contribution >= 0.6 is 0 Å². The van der Waals surface area contributed by atoms with E-state index in [-0.39, 0.29) is 0 Å². The van der Waals surface area contributed by atoms with Gasteiger partial charge in [-0.1, -0.05) is 24.3 Å². The molecule has 3 heteroatoms. The average Bonchev–Trinajstić information content (AvgIpc) is 2.79. The molecule has 1 atom stereocenters. The fourth-order valence-corrected chi connectivity index (χ4v) is 4.07. The van der Waals surface area contributed by atoms with Gasteiger partial charge in [-0.15, -0.1) is 0 Å². The Morgan fingerprint density at radius 1 is 0.870 bits per heavy atom. The first-order valence-corrected chi connectivity index (χ1v) is 8.36. The molecule has 1 unspecified atom stereocenters. The summed E-state index contributed by atoms with van der Waals surface area (Å²) in [5.74, 6) is 1.68. The average molecular weight is 309 g/mol. The predicted molar refractivity (Wildman–Crippen MR) is 91.4 cm³/mol. The molecule has 120 valence electrons. The first-order chi connectivity index (χ1) is 11.3. The number of ether oxygens (including phenoxy) is 2. The van der Waals surface area contributed by atoms with Gasteiger partial charge in [-0.3, -0.25) is 4.90 Å². The number of nitrogens with zero attached hydrogens (tertiary/aromatic N) is 1. The van der Waals surface area contributed by atoms with E-state index in [9.17, 15) is 0 Å². The van der Waals surface area contributed by atoms with Gasteiger partial charge in [0.25, 0.3) is 0 Å². The molecule has 0 aromatic heterocycles. The molecule has 0 saturated carbocycles. The first kappa shape index (κ1) is 14.6. The lowest BCUT2D eigenvalue weighted by Gasteiger charge is -2.36. The Morgan fingerprint density at radius 2 is 1.52 bits per heavy atom. The van der Waals surface area contributed by atoms with Gasteiger partial charge in [0.05, 0.1) is 14.2 Å². The molecule has 0 amide bonds. The standard InChI is InChI=1S/C20H23NO2/c1-22-19-12-15-8-10-21-9-7-14-5-3-4-6-17(14)18(21)11-16(15)13-20(19)23-2/h3-6,12-13,18H,7-11H2,1-2H3. The summed E-state index contributed by atoms with van der Waals surface area (Å²) in [6.07, 6.45) is 3.29. The van der Waals surface area contributed by atoms with Crippen LogP contribution in [0.4, 0.5) is 0 Å². The minimum absolute atomic E-state index is 0.485. The van der Waals surface area contributed by atoms with Crippen LogP contribution in [0.15, 0.2) is 36.4 Å². The topological polar surface area (TPSA) is 21.7 Å². The van der Waals surface area contributed by atoms with Crippen LogP contribution in [0.5, 0.6) is 11.5 Å². The van der Waals surface area contributed by atoms with Crippen molar-refractivity contribution in [1.82, 2.24) is 4.90 Å². The van der Waals surface area contributed by atoms with Gasteiger partial charge < -0.3 is 9.47 Å². The Kier molecular flexibility index (Phi) is 3.74. The minimum Gasteiger partial charge on any atom is -0.493 e. The first-order valence-electron chi connectivity index (χ1n) is 8.36. The van der Waals surface area contributed by atoms with E-state index in [1.54, 1.807) is 14.2 Å². The van der Waals surface area contributed by atoms with Gasteiger partial charge >= 0.3 is 0 Å². The van der Waals surface area contributed by atoms with Gasteiger partial charge in [0.15, 0.2) is 11.5 Å². The Bertz CT molecular complexity index is 726. The van der Waals surface area contributed by atoms with Crippen LogP contribution < -0.4 is 9.47 Å². The summed E-state index contributed by atoms with van der Waals surface area (Å²) in [4.78, 5) is 2.64. The molecular formula is C20H23NO2. The maximum absolute atomic E-state index is 5.51. The monoisotopic (exact) mass is 309 g/mol. The third kappa shape index (κ3) is 2.49. The molecule has 0 N–H and O–H groups in total. The Balaban J connectivity index is 1.76. The summed E-state index contributed by atoms with van der Waals surface area (Å²) in [7, 11) is 3.42. The van der Waals surface area contributed by atoms with E-state index in [1.165, 1.54) is 22.3 Å². The van der Waals surface area contributed by atoms with Crippen molar-refractivity contribution in [1.29, 1.82) is 0 Å². The smallest absolute Gasteiger partial charge is 0.161 e. The Hall–Kier alpha value is -2.00. The van der Waals surface area contributed by atoms with E-state index in [0.717, 1.165) is 43.9 Å². The van der Waals surface area contributed by atoms with Crippen molar-refractivity contribution in [2.24, 2.45) is 0 Å². The van der Waals surface area contributed by atoms with Crippen molar-refractivity contribution in [2.75, 3.05) is 27.3 Å². The molecule has 0 fully saturated rings. The zero-order valence-electron chi connectivity index (χ0n) is 13.8. The fraction of sp³-hybridized carbons (Fsp3) is 0.400. The molecule has 2 heterocycles. The normalized spacial score (nSPS) is 20.0. The second-order valence-electron chi connectivity index (χ2n) is 6.43. The lowest BCUT2D eigenvalue weighted by molar-refractivity contribution is 0.192. The molecule has 2 aliphatic heterocycles. The molecule has 2 aromatic carbocycles. The molecule has 0 bridgehead atoms. The molecule has 0 radical (unpaired) electrons. The van der Waals surface area contributed by atoms with Crippen LogP contribution in [0.1, 0.15) is 28.3 Å². The summed E-state index contributed by atoms with van der Waals surface area (Å²) >= 11 is 0. The van der Waals surface area contributed by atoms with Crippen molar-refractivity contribution in [2.45, 2.75) is 25.3 Å². The van der Waals surface area contributed by atoms with E-state index < -0.39 is 0 Å². The summed E-state index contributed by atoms with van der Waals surface area (Å²) in [6.45, 7) is 2.27. The zero-order chi connectivity index (χ0) is 15.8. The highest BCUT2D eigenvalue weighted by molar-refractivity contribution is 5.49. The van der Waals surface area contributed by atoms with Crippen LogP contribution in [0.25, 0.3) is 0 Å². The number of rotatable bonds is 2. The number of methoxy groups -OCH3 is 2. The highest BCUT2D eigenvalue weighted by atomic mass is 16.5. The number of hydrogen-bond acceptors (Lipinski definition) is 3. The number of hydrogen-bond donors (Lipinski definition) is 0. The molecule has 2 aromatic rings. The maximum atomic E-state index is 5.51. The summed E-state index contributed by atoms with van der Waals surface area (Å²) in [6, 6.07) is 13.7. The van der Waals surface area contributed by atoms with Crippen LogP contribution in [-0.2, 0) is 19.3 Å². The van der Waals surface area contributed by atoms with Gasteiger partial charge in [-0.2, -0.15) is 0 Å². The molecule has 0 saturated heterocycles. The highest BCUT2D eigenvalue weighted by Crippen LogP contribution is 2.39. The summed E-state index contributed by atoms with van der Waals surface area (Å²) in [5, 5.41) is 0. The van der Waals surface area contributed by atoms with Gasteiger partial charge in [0.2, 0.25) is 0 Å². The Morgan fingerprint density at radius 3 is 2.26 bits per heavy atom. The highest BCUT2D eigenvalue weighted by Gasteiger charge is 2.30. The molecule has 0 aliphatic carbocycles. The van der Waals surface area contributed by atoms with Crippen LogP contribution in [0.3, 0.4) is 0 Å². The van der Waals surface area contributed by atoms with Gasteiger partial charge in [-0.25, -0.2) is 0 Å². The third-order valence-corrected chi connectivity index (χ3v) is 5.31. The zero-order valence-corrected chi connectivity index (χ0v) is 13.8. The minimum atomic E-state index is 0.485.